The van der Waals surface area contributed by atoms with Gasteiger partial charge in [-0.2, -0.15) is 0 Å². The maximum absolute atomic E-state index is 8.83. The molecule has 0 bridgehead atoms. The summed E-state index contributed by atoms with van der Waals surface area (Å²) in [6, 6.07) is 22.9. The van der Waals surface area contributed by atoms with E-state index in [1.54, 1.807) is 0 Å². The van der Waals surface area contributed by atoms with Gasteiger partial charge in [-0.3, -0.25) is 5.41 Å². The van der Waals surface area contributed by atoms with Gasteiger partial charge in [0.05, 0.1) is 5.71 Å². The first-order valence-corrected chi connectivity index (χ1v) is 8.69. The highest BCUT2D eigenvalue weighted by Gasteiger charge is 2.19. The van der Waals surface area contributed by atoms with Gasteiger partial charge in [-0.25, -0.2) is 0 Å². The SMILES string of the molecule is CC1=CCC(c2cc3ccccc3cc2C(=N)c2ccccc2)=C1C. The molecular formula is C24H21N. The quantitative estimate of drug-likeness (QED) is 0.541. The van der Waals surface area contributed by atoms with Crippen molar-refractivity contribution < 1.29 is 0 Å². The Labute approximate surface area is 148 Å². The van der Waals surface area contributed by atoms with E-state index in [0.29, 0.717) is 5.71 Å². The first kappa shape index (κ1) is 15.6. The summed E-state index contributed by atoms with van der Waals surface area (Å²) >= 11 is 0. The molecule has 1 heteroatoms. The summed E-state index contributed by atoms with van der Waals surface area (Å²) in [4.78, 5) is 0. The summed E-state index contributed by atoms with van der Waals surface area (Å²) < 4.78 is 0. The maximum Gasteiger partial charge on any atom is 0.0690 e. The van der Waals surface area contributed by atoms with Crippen LogP contribution in [0.3, 0.4) is 0 Å². The average molecular weight is 323 g/mol. The van der Waals surface area contributed by atoms with Gasteiger partial charge in [0.1, 0.15) is 0 Å². The molecule has 0 amide bonds. The van der Waals surface area contributed by atoms with E-state index in [-0.39, 0.29) is 0 Å². The summed E-state index contributed by atoms with van der Waals surface area (Å²) in [5, 5.41) is 11.2. The van der Waals surface area contributed by atoms with Crippen molar-refractivity contribution in [2.24, 2.45) is 0 Å². The Morgan fingerprint density at radius 3 is 2.12 bits per heavy atom. The summed E-state index contributed by atoms with van der Waals surface area (Å²) in [7, 11) is 0. The van der Waals surface area contributed by atoms with Crippen molar-refractivity contribution in [3.63, 3.8) is 0 Å². The number of allylic oxidation sites excluding steroid dienone is 4. The Hall–Kier alpha value is -2.93. The fourth-order valence-corrected chi connectivity index (χ4v) is 3.57. The van der Waals surface area contributed by atoms with E-state index in [9.17, 15) is 0 Å². The molecule has 1 aliphatic rings. The summed E-state index contributed by atoms with van der Waals surface area (Å²) in [5.41, 5.74) is 7.79. The van der Waals surface area contributed by atoms with E-state index in [1.807, 2.05) is 30.3 Å². The molecule has 1 aliphatic carbocycles. The standard InChI is InChI=1S/C24H21N/c1-16-12-13-21(17(16)2)22-14-19-10-6-7-11-20(19)15-23(22)24(25)18-8-4-3-5-9-18/h3-12,14-15,25H,13H2,1-2H3. The molecule has 0 aromatic heterocycles. The van der Waals surface area contributed by atoms with E-state index in [4.69, 9.17) is 5.41 Å². The molecule has 0 unspecified atom stereocenters. The number of hydrogen-bond acceptors (Lipinski definition) is 1. The predicted molar refractivity (Wildman–Crippen MR) is 107 cm³/mol. The first-order chi connectivity index (χ1) is 12.1. The summed E-state index contributed by atoms with van der Waals surface area (Å²) in [6.45, 7) is 4.37. The maximum atomic E-state index is 8.83. The van der Waals surface area contributed by atoms with Crippen molar-refractivity contribution in [2.45, 2.75) is 20.3 Å². The zero-order valence-corrected chi connectivity index (χ0v) is 14.6. The second-order valence-corrected chi connectivity index (χ2v) is 6.68. The van der Waals surface area contributed by atoms with Crippen LogP contribution in [-0.4, -0.2) is 5.71 Å². The van der Waals surface area contributed by atoms with Crippen LogP contribution in [0, 0.1) is 5.41 Å². The predicted octanol–water partition coefficient (Wildman–Crippen LogP) is 6.38. The zero-order chi connectivity index (χ0) is 17.4. The van der Waals surface area contributed by atoms with Gasteiger partial charge in [0.25, 0.3) is 0 Å². The van der Waals surface area contributed by atoms with Crippen LogP contribution in [0.1, 0.15) is 37.0 Å². The minimum absolute atomic E-state index is 0.589. The topological polar surface area (TPSA) is 23.9 Å². The third-order valence-corrected chi connectivity index (χ3v) is 5.20. The molecule has 122 valence electrons. The number of rotatable bonds is 3. The Bertz CT molecular complexity index is 1040. The van der Waals surface area contributed by atoms with Gasteiger partial charge in [-0.05, 0) is 59.9 Å². The fraction of sp³-hybridized carbons (Fsp3) is 0.125. The molecule has 0 saturated heterocycles. The third-order valence-electron chi connectivity index (χ3n) is 5.20. The fourth-order valence-electron chi connectivity index (χ4n) is 3.57. The van der Waals surface area contributed by atoms with Crippen LogP contribution < -0.4 is 0 Å². The molecule has 0 aliphatic heterocycles. The van der Waals surface area contributed by atoms with Crippen molar-refractivity contribution in [3.8, 4) is 0 Å². The van der Waals surface area contributed by atoms with Crippen LogP contribution in [0.2, 0.25) is 0 Å². The molecule has 0 saturated carbocycles. The normalized spacial score (nSPS) is 14.1. The molecule has 0 radical (unpaired) electrons. The summed E-state index contributed by atoms with van der Waals surface area (Å²) in [6.07, 6.45) is 3.24. The molecule has 3 aromatic rings. The van der Waals surface area contributed by atoms with Crippen molar-refractivity contribution in [1.29, 1.82) is 5.41 Å². The van der Waals surface area contributed by atoms with Gasteiger partial charge in [0, 0.05) is 11.1 Å². The highest BCUT2D eigenvalue weighted by molar-refractivity contribution is 6.15. The van der Waals surface area contributed by atoms with Gasteiger partial charge in [0.15, 0.2) is 0 Å². The lowest BCUT2D eigenvalue weighted by atomic mass is 9.88. The molecule has 25 heavy (non-hydrogen) atoms. The second kappa shape index (κ2) is 6.18. The van der Waals surface area contributed by atoms with Crippen molar-refractivity contribution in [3.05, 3.63) is 101 Å². The van der Waals surface area contributed by atoms with Crippen LogP contribution >= 0.6 is 0 Å². The van der Waals surface area contributed by atoms with E-state index < -0.39 is 0 Å². The number of nitrogens with one attached hydrogen (secondary N) is 1. The van der Waals surface area contributed by atoms with Crippen LogP contribution in [0.25, 0.3) is 16.3 Å². The number of benzene rings is 3. The zero-order valence-electron chi connectivity index (χ0n) is 14.6. The first-order valence-electron chi connectivity index (χ1n) is 8.69. The Balaban J connectivity index is 1.96. The molecule has 0 fully saturated rings. The second-order valence-electron chi connectivity index (χ2n) is 6.68. The number of hydrogen-bond donors (Lipinski definition) is 1. The Morgan fingerprint density at radius 1 is 0.840 bits per heavy atom. The lowest BCUT2D eigenvalue weighted by Crippen LogP contribution is -2.06. The van der Waals surface area contributed by atoms with Crippen LogP contribution in [-0.2, 0) is 0 Å². The summed E-state index contributed by atoms with van der Waals surface area (Å²) in [5.74, 6) is 0. The monoisotopic (exact) mass is 323 g/mol. The number of fused-ring (bicyclic) bond motifs is 1. The van der Waals surface area contributed by atoms with Crippen LogP contribution in [0.4, 0.5) is 0 Å². The molecule has 1 nitrogen and oxygen atoms in total. The molecule has 3 aromatic carbocycles. The highest BCUT2D eigenvalue weighted by atomic mass is 14.4. The van der Waals surface area contributed by atoms with Gasteiger partial charge in [0.2, 0.25) is 0 Å². The van der Waals surface area contributed by atoms with E-state index >= 15 is 0 Å². The molecular weight excluding hydrogens is 302 g/mol. The van der Waals surface area contributed by atoms with Crippen molar-refractivity contribution in [2.75, 3.05) is 0 Å². The molecule has 0 heterocycles. The van der Waals surface area contributed by atoms with Crippen LogP contribution in [0.5, 0.6) is 0 Å². The smallest absolute Gasteiger partial charge is 0.0690 e. The largest absolute Gasteiger partial charge is 0.300 e. The van der Waals surface area contributed by atoms with Crippen molar-refractivity contribution >= 4 is 22.1 Å². The minimum Gasteiger partial charge on any atom is -0.300 e. The molecule has 0 atom stereocenters. The lowest BCUT2D eigenvalue weighted by Gasteiger charge is -2.15. The van der Waals surface area contributed by atoms with Crippen molar-refractivity contribution in [1.82, 2.24) is 0 Å². The molecule has 4 rings (SSSR count). The Morgan fingerprint density at radius 2 is 1.48 bits per heavy atom. The van der Waals surface area contributed by atoms with E-state index in [2.05, 4.69) is 56.3 Å². The van der Waals surface area contributed by atoms with Crippen LogP contribution in [0.15, 0.2) is 84.0 Å². The van der Waals surface area contributed by atoms with E-state index in [0.717, 1.165) is 17.5 Å². The average Bonchev–Trinajstić information content (AvgIpc) is 2.99. The van der Waals surface area contributed by atoms with Gasteiger partial charge in [-0.15, -0.1) is 0 Å². The molecule has 0 spiro atoms. The van der Waals surface area contributed by atoms with Gasteiger partial charge in [-0.1, -0.05) is 66.2 Å². The van der Waals surface area contributed by atoms with E-state index in [1.165, 1.54) is 33.1 Å². The highest BCUT2D eigenvalue weighted by Crippen LogP contribution is 2.37. The third kappa shape index (κ3) is 2.72. The lowest BCUT2D eigenvalue weighted by molar-refractivity contribution is 1.38. The molecule has 1 N–H and O–H groups in total. The van der Waals surface area contributed by atoms with Gasteiger partial charge < -0.3 is 0 Å². The Kier molecular flexibility index (Phi) is 3.85. The minimum atomic E-state index is 0.589. The van der Waals surface area contributed by atoms with Gasteiger partial charge >= 0.3 is 0 Å².